The Morgan fingerprint density at radius 3 is 2.54 bits per heavy atom. The SMILES string of the molecule is Cc1c(CC(=O)O)c(=O)oc2cc3occ(-c4ccc(Cl)cc4)c3cc12. The zero-order valence-electron chi connectivity index (χ0n) is 13.7. The first-order chi connectivity index (χ1) is 12.4. The minimum Gasteiger partial charge on any atom is -0.481 e. The van der Waals surface area contributed by atoms with Crippen molar-refractivity contribution >= 4 is 39.5 Å². The average Bonchev–Trinajstić information content (AvgIpc) is 3.00. The van der Waals surface area contributed by atoms with E-state index in [0.29, 0.717) is 27.1 Å². The molecule has 6 heteroatoms. The minimum absolute atomic E-state index is 0.154. The fourth-order valence-corrected chi connectivity index (χ4v) is 3.24. The van der Waals surface area contributed by atoms with E-state index in [9.17, 15) is 9.59 Å². The summed E-state index contributed by atoms with van der Waals surface area (Å²) in [5.74, 6) is -1.08. The van der Waals surface area contributed by atoms with Crippen molar-refractivity contribution < 1.29 is 18.7 Å². The summed E-state index contributed by atoms with van der Waals surface area (Å²) in [7, 11) is 0. The largest absolute Gasteiger partial charge is 0.481 e. The molecule has 0 spiro atoms. The van der Waals surface area contributed by atoms with Crippen molar-refractivity contribution in [2.75, 3.05) is 0 Å². The van der Waals surface area contributed by atoms with E-state index in [4.69, 9.17) is 25.5 Å². The van der Waals surface area contributed by atoms with Gasteiger partial charge in [0.05, 0.1) is 18.2 Å². The molecule has 4 aromatic rings. The second kappa shape index (κ2) is 6.04. The Morgan fingerprint density at radius 2 is 1.85 bits per heavy atom. The molecule has 0 aliphatic heterocycles. The van der Waals surface area contributed by atoms with Crippen LogP contribution in [0.25, 0.3) is 33.1 Å². The number of carbonyl (C=O) groups is 1. The molecule has 0 aliphatic carbocycles. The fourth-order valence-electron chi connectivity index (χ4n) is 3.12. The monoisotopic (exact) mass is 368 g/mol. The van der Waals surface area contributed by atoms with Gasteiger partial charge in [-0.05, 0) is 36.2 Å². The predicted molar refractivity (Wildman–Crippen MR) is 98.8 cm³/mol. The molecule has 0 unspecified atom stereocenters. The molecule has 0 saturated heterocycles. The molecule has 2 aromatic carbocycles. The number of fused-ring (bicyclic) bond motifs is 2. The van der Waals surface area contributed by atoms with Crippen molar-refractivity contribution in [2.45, 2.75) is 13.3 Å². The fraction of sp³-hybridized carbons (Fsp3) is 0.100. The number of halogens is 1. The number of aryl methyl sites for hydroxylation is 1. The molecule has 0 fully saturated rings. The van der Waals surface area contributed by atoms with E-state index >= 15 is 0 Å². The molecule has 0 bridgehead atoms. The van der Waals surface area contributed by atoms with Gasteiger partial charge in [-0.25, -0.2) is 4.79 Å². The first-order valence-corrected chi connectivity index (χ1v) is 8.27. The Hall–Kier alpha value is -3.05. The van der Waals surface area contributed by atoms with Crippen LogP contribution in [0.4, 0.5) is 0 Å². The van der Waals surface area contributed by atoms with Crippen LogP contribution in [0.5, 0.6) is 0 Å². The third-order valence-corrected chi connectivity index (χ3v) is 4.72. The molecule has 4 rings (SSSR count). The Morgan fingerprint density at radius 1 is 1.12 bits per heavy atom. The van der Waals surface area contributed by atoms with E-state index in [1.165, 1.54) is 0 Å². The number of carboxylic acid groups (broad SMARTS) is 1. The van der Waals surface area contributed by atoms with Crippen LogP contribution in [-0.4, -0.2) is 11.1 Å². The van der Waals surface area contributed by atoms with E-state index in [1.54, 1.807) is 31.4 Å². The van der Waals surface area contributed by atoms with Crippen molar-refractivity contribution in [3.63, 3.8) is 0 Å². The lowest BCUT2D eigenvalue weighted by atomic mass is 9.99. The molecular weight excluding hydrogens is 356 g/mol. The molecule has 26 heavy (non-hydrogen) atoms. The molecule has 0 aliphatic rings. The van der Waals surface area contributed by atoms with Crippen LogP contribution in [0, 0.1) is 6.92 Å². The molecule has 0 radical (unpaired) electrons. The minimum atomic E-state index is -1.08. The molecule has 2 aromatic heterocycles. The van der Waals surface area contributed by atoms with Crippen LogP contribution in [0.15, 0.2) is 56.3 Å². The van der Waals surface area contributed by atoms with E-state index in [-0.39, 0.29) is 12.0 Å². The van der Waals surface area contributed by atoms with Crippen molar-refractivity contribution in [3.05, 3.63) is 69.2 Å². The molecule has 130 valence electrons. The van der Waals surface area contributed by atoms with E-state index < -0.39 is 11.6 Å². The Kier molecular flexibility index (Phi) is 3.81. The summed E-state index contributed by atoms with van der Waals surface area (Å²) in [6.07, 6.45) is 1.26. The third-order valence-electron chi connectivity index (χ3n) is 4.46. The molecule has 1 N–H and O–H groups in total. The topological polar surface area (TPSA) is 80.6 Å². The van der Waals surface area contributed by atoms with E-state index in [0.717, 1.165) is 16.5 Å². The molecular formula is C20H13ClO5. The van der Waals surface area contributed by atoms with Crippen molar-refractivity contribution in [1.82, 2.24) is 0 Å². The van der Waals surface area contributed by atoms with Gasteiger partial charge in [0, 0.05) is 27.4 Å². The Bertz CT molecular complexity index is 1220. The van der Waals surface area contributed by atoms with Crippen molar-refractivity contribution in [2.24, 2.45) is 0 Å². The van der Waals surface area contributed by atoms with Crippen LogP contribution in [0.1, 0.15) is 11.1 Å². The van der Waals surface area contributed by atoms with Gasteiger partial charge >= 0.3 is 11.6 Å². The summed E-state index contributed by atoms with van der Waals surface area (Å²) in [6.45, 7) is 1.73. The third kappa shape index (κ3) is 2.66. The van der Waals surface area contributed by atoms with Gasteiger partial charge in [-0.1, -0.05) is 23.7 Å². The zero-order valence-corrected chi connectivity index (χ0v) is 14.5. The number of furan rings is 1. The summed E-state index contributed by atoms with van der Waals surface area (Å²) < 4.78 is 10.9. The number of rotatable bonds is 3. The lowest BCUT2D eigenvalue weighted by Gasteiger charge is -2.06. The highest BCUT2D eigenvalue weighted by Crippen LogP contribution is 2.35. The maximum atomic E-state index is 12.1. The Balaban J connectivity index is 1.99. The first kappa shape index (κ1) is 16.4. The number of hydrogen-bond donors (Lipinski definition) is 1. The van der Waals surface area contributed by atoms with E-state index in [1.807, 2.05) is 18.2 Å². The van der Waals surface area contributed by atoms with Gasteiger partial charge in [0.1, 0.15) is 11.2 Å². The average molecular weight is 369 g/mol. The molecule has 5 nitrogen and oxygen atoms in total. The highest BCUT2D eigenvalue weighted by Gasteiger charge is 2.17. The van der Waals surface area contributed by atoms with Crippen LogP contribution >= 0.6 is 11.6 Å². The second-order valence-corrected chi connectivity index (χ2v) is 6.50. The van der Waals surface area contributed by atoms with Crippen LogP contribution in [0.2, 0.25) is 5.02 Å². The van der Waals surface area contributed by atoms with Gasteiger partial charge in [0.25, 0.3) is 0 Å². The molecule has 0 amide bonds. The number of hydrogen-bond acceptors (Lipinski definition) is 4. The van der Waals surface area contributed by atoms with Crippen LogP contribution in [-0.2, 0) is 11.2 Å². The lowest BCUT2D eigenvalue weighted by molar-refractivity contribution is -0.136. The van der Waals surface area contributed by atoms with Gasteiger partial charge in [0.15, 0.2) is 0 Å². The molecule has 0 saturated carbocycles. The number of benzene rings is 2. The van der Waals surface area contributed by atoms with Crippen LogP contribution in [0.3, 0.4) is 0 Å². The summed E-state index contributed by atoms with van der Waals surface area (Å²) in [5, 5.41) is 11.2. The predicted octanol–water partition coefficient (Wildman–Crippen LogP) is 4.80. The van der Waals surface area contributed by atoms with Gasteiger partial charge in [-0.2, -0.15) is 0 Å². The van der Waals surface area contributed by atoms with Crippen LogP contribution < -0.4 is 5.63 Å². The molecule has 0 atom stereocenters. The highest BCUT2D eigenvalue weighted by atomic mass is 35.5. The molecule has 2 heterocycles. The standard InChI is InChI=1S/C20H13ClO5/c1-10-13-6-15-16(11-2-4-12(21)5-3-11)9-25-17(15)8-18(13)26-20(24)14(10)7-19(22)23/h2-6,8-9H,7H2,1H3,(H,22,23). The summed E-state index contributed by atoms with van der Waals surface area (Å²) >= 11 is 5.95. The zero-order chi connectivity index (χ0) is 18.4. The van der Waals surface area contributed by atoms with Gasteiger partial charge < -0.3 is 13.9 Å². The maximum absolute atomic E-state index is 12.1. The normalized spacial score (nSPS) is 11.3. The highest BCUT2D eigenvalue weighted by molar-refractivity contribution is 6.30. The maximum Gasteiger partial charge on any atom is 0.340 e. The number of carboxylic acids is 1. The van der Waals surface area contributed by atoms with Crippen molar-refractivity contribution in [1.29, 1.82) is 0 Å². The van der Waals surface area contributed by atoms with Gasteiger partial charge in [-0.15, -0.1) is 0 Å². The summed E-state index contributed by atoms with van der Waals surface area (Å²) in [6, 6.07) is 10.9. The van der Waals surface area contributed by atoms with Gasteiger partial charge in [0.2, 0.25) is 0 Å². The van der Waals surface area contributed by atoms with Gasteiger partial charge in [-0.3, -0.25) is 4.79 Å². The van der Waals surface area contributed by atoms with Crippen molar-refractivity contribution in [3.8, 4) is 11.1 Å². The number of aliphatic carboxylic acids is 1. The Labute approximate surface area is 152 Å². The second-order valence-electron chi connectivity index (χ2n) is 6.06. The van der Waals surface area contributed by atoms with E-state index in [2.05, 4.69) is 0 Å². The lowest BCUT2D eigenvalue weighted by Crippen LogP contribution is -2.14. The summed E-state index contributed by atoms with van der Waals surface area (Å²) in [4.78, 5) is 23.2. The quantitative estimate of drug-likeness (QED) is 0.525. The smallest absolute Gasteiger partial charge is 0.340 e. The first-order valence-electron chi connectivity index (χ1n) is 7.89. The summed E-state index contributed by atoms with van der Waals surface area (Å²) in [5.41, 5.74) is 2.88.